The van der Waals surface area contributed by atoms with Crippen molar-refractivity contribution < 1.29 is 14.3 Å². The lowest BCUT2D eigenvalue weighted by Crippen LogP contribution is -2.28. The summed E-state index contributed by atoms with van der Waals surface area (Å²) in [4.78, 5) is 13.3. The number of nitrogens with zero attached hydrogens (tertiary/aromatic N) is 2. The Hall–Kier alpha value is -4.06. The Kier molecular flexibility index (Phi) is 6.22. The number of amides is 1. The van der Waals surface area contributed by atoms with Crippen molar-refractivity contribution in [2.75, 3.05) is 14.2 Å². The maximum Gasteiger partial charge on any atom is 0.270 e. The first kappa shape index (κ1) is 21.2. The topological polar surface area (TPSA) is 65.4 Å². The summed E-state index contributed by atoms with van der Waals surface area (Å²) < 4.78 is 12.2. The highest BCUT2D eigenvalue weighted by molar-refractivity contribution is 5.94. The van der Waals surface area contributed by atoms with Crippen LogP contribution < -0.4 is 14.8 Å². The summed E-state index contributed by atoms with van der Waals surface area (Å²) in [6.45, 7) is 1.96. The van der Waals surface area contributed by atoms with Crippen LogP contribution in [-0.4, -0.2) is 29.9 Å². The molecule has 0 fully saturated rings. The van der Waals surface area contributed by atoms with Gasteiger partial charge in [-0.15, -0.1) is 0 Å². The molecule has 0 saturated carbocycles. The Morgan fingerprint density at radius 3 is 2.06 bits per heavy atom. The second-order valence-electron chi connectivity index (χ2n) is 7.36. The molecular weight excluding hydrogens is 402 g/mol. The summed E-state index contributed by atoms with van der Waals surface area (Å²) in [5.74, 6) is 1.29. The molecule has 1 atom stereocenters. The van der Waals surface area contributed by atoms with Gasteiger partial charge >= 0.3 is 0 Å². The monoisotopic (exact) mass is 427 g/mol. The number of methoxy groups -OCH3 is 2. The van der Waals surface area contributed by atoms with E-state index in [1.165, 1.54) is 0 Å². The van der Waals surface area contributed by atoms with Gasteiger partial charge in [0.15, 0.2) is 0 Å². The third kappa shape index (κ3) is 4.49. The summed E-state index contributed by atoms with van der Waals surface area (Å²) in [7, 11) is 3.25. The smallest absolute Gasteiger partial charge is 0.270 e. The largest absolute Gasteiger partial charge is 0.497 e. The molecule has 0 radical (unpaired) electrons. The normalized spacial score (nSPS) is 11.6. The lowest BCUT2D eigenvalue weighted by molar-refractivity contribution is 0.0932. The van der Waals surface area contributed by atoms with Crippen molar-refractivity contribution in [2.24, 2.45) is 0 Å². The minimum Gasteiger partial charge on any atom is -0.497 e. The van der Waals surface area contributed by atoms with E-state index in [2.05, 4.69) is 5.32 Å². The van der Waals surface area contributed by atoms with Crippen LogP contribution >= 0.6 is 0 Å². The predicted octanol–water partition coefficient (Wildman–Crippen LogP) is 5.05. The molecule has 6 nitrogen and oxygen atoms in total. The fraction of sp³-hybridized carbons (Fsp3) is 0.154. The predicted molar refractivity (Wildman–Crippen MR) is 124 cm³/mol. The van der Waals surface area contributed by atoms with Gasteiger partial charge in [0.1, 0.15) is 17.2 Å². The first-order chi connectivity index (χ1) is 15.6. The first-order valence-electron chi connectivity index (χ1n) is 10.3. The third-order valence-electron chi connectivity index (χ3n) is 5.29. The first-order valence-corrected chi connectivity index (χ1v) is 10.3. The Morgan fingerprint density at radius 2 is 1.47 bits per heavy atom. The van der Waals surface area contributed by atoms with Gasteiger partial charge in [-0.3, -0.25) is 4.79 Å². The van der Waals surface area contributed by atoms with Gasteiger partial charge in [0, 0.05) is 5.56 Å². The Morgan fingerprint density at radius 1 is 0.875 bits per heavy atom. The van der Waals surface area contributed by atoms with Crippen molar-refractivity contribution in [1.82, 2.24) is 15.1 Å². The molecule has 0 saturated heterocycles. The van der Waals surface area contributed by atoms with E-state index >= 15 is 0 Å². The molecule has 3 aromatic carbocycles. The van der Waals surface area contributed by atoms with Crippen LogP contribution in [0.3, 0.4) is 0 Å². The van der Waals surface area contributed by atoms with Crippen LogP contribution in [0.2, 0.25) is 0 Å². The van der Waals surface area contributed by atoms with E-state index in [1.807, 2.05) is 85.8 Å². The molecule has 4 aromatic rings. The van der Waals surface area contributed by atoms with Gasteiger partial charge in [-0.05, 0) is 67.1 Å². The van der Waals surface area contributed by atoms with Gasteiger partial charge in [0.05, 0.1) is 31.6 Å². The van der Waals surface area contributed by atoms with Gasteiger partial charge in [-0.2, -0.15) is 5.10 Å². The number of carbonyl (C=O) groups is 1. The fourth-order valence-electron chi connectivity index (χ4n) is 3.46. The molecular formula is C26H25N3O3. The van der Waals surface area contributed by atoms with Crippen LogP contribution in [0.25, 0.3) is 16.9 Å². The average Bonchev–Trinajstić information content (AvgIpc) is 3.30. The molecule has 1 N–H and O–H groups in total. The fourth-order valence-corrected chi connectivity index (χ4v) is 3.46. The Bertz CT molecular complexity index is 1180. The van der Waals surface area contributed by atoms with Crippen LogP contribution in [0.4, 0.5) is 0 Å². The summed E-state index contributed by atoms with van der Waals surface area (Å²) >= 11 is 0. The number of nitrogens with one attached hydrogen (secondary N) is 1. The third-order valence-corrected chi connectivity index (χ3v) is 5.29. The average molecular weight is 428 g/mol. The molecule has 1 heterocycles. The van der Waals surface area contributed by atoms with Gasteiger partial charge in [-0.1, -0.05) is 30.3 Å². The molecule has 0 aliphatic rings. The highest BCUT2D eigenvalue weighted by atomic mass is 16.5. The molecule has 162 valence electrons. The van der Waals surface area contributed by atoms with Crippen LogP contribution in [0.5, 0.6) is 11.5 Å². The maximum atomic E-state index is 13.3. The van der Waals surface area contributed by atoms with Crippen LogP contribution in [0.15, 0.2) is 84.9 Å². The quantitative estimate of drug-likeness (QED) is 0.448. The zero-order chi connectivity index (χ0) is 22.5. The van der Waals surface area contributed by atoms with Crippen molar-refractivity contribution in [2.45, 2.75) is 13.0 Å². The molecule has 1 unspecified atom stereocenters. The van der Waals surface area contributed by atoms with E-state index in [0.717, 1.165) is 28.3 Å². The summed E-state index contributed by atoms with van der Waals surface area (Å²) in [5.41, 5.74) is 3.84. The van der Waals surface area contributed by atoms with Crippen molar-refractivity contribution >= 4 is 5.91 Å². The second kappa shape index (κ2) is 9.39. The number of aromatic nitrogens is 2. The van der Waals surface area contributed by atoms with Crippen molar-refractivity contribution in [3.05, 3.63) is 96.2 Å². The molecule has 0 spiro atoms. The SMILES string of the molecule is COc1ccc(-c2cc(C(=O)NC(C)c3ccccc3)n(-c3ccc(OC)cc3)n2)cc1. The van der Waals surface area contributed by atoms with Crippen LogP contribution in [-0.2, 0) is 0 Å². The number of hydrogen-bond donors (Lipinski definition) is 1. The molecule has 1 amide bonds. The number of ether oxygens (including phenoxy) is 2. The lowest BCUT2D eigenvalue weighted by atomic mass is 10.1. The molecule has 4 rings (SSSR count). The van der Waals surface area contributed by atoms with E-state index in [1.54, 1.807) is 25.0 Å². The van der Waals surface area contributed by atoms with E-state index in [0.29, 0.717) is 11.4 Å². The van der Waals surface area contributed by atoms with E-state index in [9.17, 15) is 4.79 Å². The van der Waals surface area contributed by atoms with E-state index in [4.69, 9.17) is 14.6 Å². The number of hydrogen-bond acceptors (Lipinski definition) is 4. The minimum atomic E-state index is -0.204. The number of benzene rings is 3. The Labute approximate surface area is 187 Å². The van der Waals surface area contributed by atoms with Gasteiger partial charge in [0.2, 0.25) is 0 Å². The van der Waals surface area contributed by atoms with E-state index < -0.39 is 0 Å². The van der Waals surface area contributed by atoms with Crippen molar-refractivity contribution in [1.29, 1.82) is 0 Å². The van der Waals surface area contributed by atoms with Crippen molar-refractivity contribution in [3.63, 3.8) is 0 Å². The van der Waals surface area contributed by atoms with Gasteiger partial charge in [-0.25, -0.2) is 4.68 Å². The number of rotatable bonds is 7. The molecule has 0 aliphatic heterocycles. The minimum absolute atomic E-state index is 0.146. The molecule has 6 heteroatoms. The van der Waals surface area contributed by atoms with Gasteiger partial charge < -0.3 is 14.8 Å². The van der Waals surface area contributed by atoms with E-state index in [-0.39, 0.29) is 11.9 Å². The molecule has 0 bridgehead atoms. The molecule has 0 aliphatic carbocycles. The highest BCUT2D eigenvalue weighted by Gasteiger charge is 2.20. The van der Waals surface area contributed by atoms with Gasteiger partial charge in [0.25, 0.3) is 5.91 Å². The second-order valence-corrected chi connectivity index (χ2v) is 7.36. The zero-order valence-corrected chi connectivity index (χ0v) is 18.3. The van der Waals surface area contributed by atoms with Crippen LogP contribution in [0, 0.1) is 0 Å². The molecule has 32 heavy (non-hydrogen) atoms. The summed E-state index contributed by atoms with van der Waals surface area (Å²) in [6, 6.07) is 26.6. The van der Waals surface area contributed by atoms with Crippen molar-refractivity contribution in [3.8, 4) is 28.4 Å². The highest BCUT2D eigenvalue weighted by Crippen LogP contribution is 2.25. The Balaban J connectivity index is 1.71. The molecule has 1 aromatic heterocycles. The standard InChI is InChI=1S/C26H25N3O3/c1-18(19-7-5-4-6-8-19)27-26(30)25-17-24(20-9-13-22(31-2)14-10-20)28-29(25)21-11-15-23(32-3)16-12-21/h4-18H,1-3H3,(H,27,30). The lowest BCUT2D eigenvalue weighted by Gasteiger charge is -2.15. The maximum absolute atomic E-state index is 13.3. The number of carbonyl (C=O) groups excluding carboxylic acids is 1. The van der Waals surface area contributed by atoms with Crippen LogP contribution in [0.1, 0.15) is 29.0 Å². The zero-order valence-electron chi connectivity index (χ0n) is 18.3. The summed E-state index contributed by atoms with van der Waals surface area (Å²) in [6.07, 6.45) is 0. The summed E-state index contributed by atoms with van der Waals surface area (Å²) in [5, 5.41) is 7.82.